The number of pyridine rings is 1. The zero-order valence-corrected chi connectivity index (χ0v) is 17.1. The average Bonchev–Trinajstić information content (AvgIpc) is 3.01. The Labute approximate surface area is 166 Å². The van der Waals surface area contributed by atoms with E-state index in [-0.39, 0.29) is 5.91 Å². The molecule has 0 aliphatic rings. The summed E-state index contributed by atoms with van der Waals surface area (Å²) in [7, 11) is 4.06. The molecule has 146 valence electrons. The zero-order valence-electron chi connectivity index (χ0n) is 17.1. The normalized spacial score (nSPS) is 11.6. The molecule has 1 aromatic carbocycles. The van der Waals surface area contributed by atoms with E-state index in [2.05, 4.69) is 54.4 Å². The van der Waals surface area contributed by atoms with Crippen LogP contribution >= 0.6 is 0 Å². The molecule has 0 fully saturated rings. The first kappa shape index (κ1) is 19.8. The number of rotatable bonds is 7. The van der Waals surface area contributed by atoms with Gasteiger partial charge >= 0.3 is 0 Å². The van der Waals surface area contributed by atoms with Crippen molar-refractivity contribution < 1.29 is 4.79 Å². The van der Waals surface area contributed by atoms with Gasteiger partial charge in [0, 0.05) is 24.4 Å². The van der Waals surface area contributed by atoms with E-state index in [1.807, 2.05) is 36.8 Å². The van der Waals surface area contributed by atoms with Crippen molar-refractivity contribution >= 4 is 17.6 Å². The molecule has 5 heteroatoms. The number of amides is 1. The summed E-state index contributed by atoms with van der Waals surface area (Å²) in [6.07, 6.45) is 6.38. The third-order valence-corrected chi connectivity index (χ3v) is 4.62. The highest BCUT2D eigenvalue weighted by Gasteiger charge is 2.12. The molecule has 0 bridgehead atoms. The summed E-state index contributed by atoms with van der Waals surface area (Å²) in [4.78, 5) is 19.2. The largest absolute Gasteiger partial charge is 0.353 e. The summed E-state index contributed by atoms with van der Waals surface area (Å²) in [5.74, 6) is -0.0873. The van der Waals surface area contributed by atoms with Gasteiger partial charge in [-0.1, -0.05) is 29.8 Å². The Balaban J connectivity index is 1.87. The van der Waals surface area contributed by atoms with Gasteiger partial charge in [-0.05, 0) is 64.7 Å². The second-order valence-corrected chi connectivity index (χ2v) is 7.43. The number of carbonyl (C=O) groups is 1. The molecule has 0 saturated heterocycles. The fraction of sp³-hybridized carbons (Fsp3) is 0.304. The lowest BCUT2D eigenvalue weighted by molar-refractivity contribution is -0.116. The zero-order chi connectivity index (χ0) is 20.1. The molecule has 0 saturated carbocycles. The minimum absolute atomic E-state index is 0.0873. The van der Waals surface area contributed by atoms with E-state index in [1.54, 1.807) is 6.08 Å². The number of aryl methyl sites for hydroxylation is 2. The lowest BCUT2D eigenvalue weighted by Crippen LogP contribution is -2.25. The number of imidazole rings is 1. The van der Waals surface area contributed by atoms with Crippen molar-refractivity contribution in [2.45, 2.75) is 20.3 Å². The molecule has 1 amide bonds. The molecule has 2 aromatic heterocycles. The fourth-order valence-electron chi connectivity index (χ4n) is 3.07. The van der Waals surface area contributed by atoms with Gasteiger partial charge in [0.05, 0.1) is 11.4 Å². The van der Waals surface area contributed by atoms with Crippen molar-refractivity contribution in [2.24, 2.45) is 0 Å². The monoisotopic (exact) mass is 376 g/mol. The van der Waals surface area contributed by atoms with Gasteiger partial charge in [0.25, 0.3) is 0 Å². The molecular weight excluding hydrogens is 348 g/mol. The summed E-state index contributed by atoms with van der Waals surface area (Å²) in [6.45, 7) is 5.74. The Bertz CT molecular complexity index is 984. The number of hydrogen-bond acceptors (Lipinski definition) is 3. The van der Waals surface area contributed by atoms with Gasteiger partial charge in [-0.3, -0.25) is 9.20 Å². The topological polar surface area (TPSA) is 49.6 Å². The quantitative estimate of drug-likeness (QED) is 0.505. The van der Waals surface area contributed by atoms with Gasteiger partial charge in [0.1, 0.15) is 5.65 Å². The molecule has 28 heavy (non-hydrogen) atoms. The molecule has 0 radical (unpaired) electrons. The lowest BCUT2D eigenvalue weighted by Gasteiger charge is -2.08. The Morgan fingerprint density at radius 1 is 1.14 bits per heavy atom. The standard InChI is InChI=1S/C23H28N4O/c1-17-6-8-19(9-7-17)23-20(27-15-12-18(2)16-21(27)25-23)10-11-22(28)24-13-5-14-26(3)4/h6-12,15-16H,5,13-14H2,1-4H3,(H,24,28)/b11-10+. The first-order valence-electron chi connectivity index (χ1n) is 9.60. The van der Waals surface area contributed by atoms with Crippen LogP contribution in [0.25, 0.3) is 23.0 Å². The molecule has 5 nitrogen and oxygen atoms in total. The molecule has 3 aromatic rings. The number of nitrogens with one attached hydrogen (secondary N) is 1. The third kappa shape index (κ3) is 4.87. The Kier molecular flexibility index (Phi) is 6.26. The van der Waals surface area contributed by atoms with Crippen LogP contribution in [-0.4, -0.2) is 47.4 Å². The molecule has 0 atom stereocenters. The molecule has 3 rings (SSSR count). The number of benzene rings is 1. The van der Waals surface area contributed by atoms with Crippen LogP contribution in [0.2, 0.25) is 0 Å². The molecule has 0 unspecified atom stereocenters. The maximum Gasteiger partial charge on any atom is 0.244 e. The number of fused-ring (bicyclic) bond motifs is 1. The molecular formula is C23H28N4O. The van der Waals surface area contributed by atoms with E-state index in [1.165, 1.54) is 5.56 Å². The van der Waals surface area contributed by atoms with Crippen LogP contribution in [0.5, 0.6) is 0 Å². The van der Waals surface area contributed by atoms with Gasteiger partial charge in [0.15, 0.2) is 0 Å². The minimum atomic E-state index is -0.0873. The van der Waals surface area contributed by atoms with Gasteiger partial charge in [-0.25, -0.2) is 4.98 Å². The van der Waals surface area contributed by atoms with Gasteiger partial charge < -0.3 is 10.2 Å². The number of hydrogen-bond donors (Lipinski definition) is 1. The summed E-state index contributed by atoms with van der Waals surface area (Å²) in [5, 5.41) is 2.94. The first-order chi connectivity index (χ1) is 13.4. The van der Waals surface area contributed by atoms with Crippen LogP contribution in [0.1, 0.15) is 23.2 Å². The van der Waals surface area contributed by atoms with Gasteiger partial charge in [-0.2, -0.15) is 0 Å². The Morgan fingerprint density at radius 3 is 2.61 bits per heavy atom. The van der Waals surface area contributed by atoms with Crippen LogP contribution in [0.3, 0.4) is 0 Å². The molecule has 0 aliphatic carbocycles. The van der Waals surface area contributed by atoms with Gasteiger partial charge in [-0.15, -0.1) is 0 Å². The summed E-state index contributed by atoms with van der Waals surface area (Å²) >= 11 is 0. The number of aromatic nitrogens is 2. The van der Waals surface area contributed by atoms with E-state index >= 15 is 0 Å². The van der Waals surface area contributed by atoms with Crippen molar-refractivity contribution in [3.8, 4) is 11.3 Å². The predicted molar refractivity (Wildman–Crippen MR) is 115 cm³/mol. The first-order valence-corrected chi connectivity index (χ1v) is 9.60. The molecule has 0 aliphatic heterocycles. The summed E-state index contributed by atoms with van der Waals surface area (Å²) < 4.78 is 2.03. The van der Waals surface area contributed by atoms with Crippen molar-refractivity contribution in [3.05, 3.63) is 65.5 Å². The van der Waals surface area contributed by atoms with E-state index in [9.17, 15) is 4.79 Å². The van der Waals surface area contributed by atoms with Crippen LogP contribution in [-0.2, 0) is 4.79 Å². The van der Waals surface area contributed by atoms with Crippen molar-refractivity contribution in [2.75, 3.05) is 27.2 Å². The SMILES string of the molecule is Cc1ccc(-c2nc3cc(C)ccn3c2/C=C/C(=O)NCCCN(C)C)cc1. The van der Waals surface area contributed by atoms with Crippen molar-refractivity contribution in [1.29, 1.82) is 0 Å². The fourth-order valence-corrected chi connectivity index (χ4v) is 3.07. The lowest BCUT2D eigenvalue weighted by atomic mass is 10.1. The van der Waals surface area contributed by atoms with E-state index < -0.39 is 0 Å². The second-order valence-electron chi connectivity index (χ2n) is 7.43. The highest BCUT2D eigenvalue weighted by atomic mass is 16.1. The van der Waals surface area contributed by atoms with Crippen molar-refractivity contribution in [3.63, 3.8) is 0 Å². The summed E-state index contributed by atoms with van der Waals surface area (Å²) in [5.41, 5.74) is 6.06. The third-order valence-electron chi connectivity index (χ3n) is 4.62. The highest BCUT2D eigenvalue weighted by Crippen LogP contribution is 2.26. The van der Waals surface area contributed by atoms with Gasteiger partial charge in [0.2, 0.25) is 5.91 Å². The van der Waals surface area contributed by atoms with E-state index in [4.69, 9.17) is 4.98 Å². The van der Waals surface area contributed by atoms with Crippen LogP contribution in [0.4, 0.5) is 0 Å². The van der Waals surface area contributed by atoms with E-state index in [0.717, 1.165) is 41.1 Å². The average molecular weight is 377 g/mol. The highest BCUT2D eigenvalue weighted by molar-refractivity contribution is 5.92. The predicted octanol–water partition coefficient (Wildman–Crippen LogP) is 3.70. The maximum atomic E-state index is 12.2. The second kappa shape index (κ2) is 8.85. The molecule has 1 N–H and O–H groups in total. The van der Waals surface area contributed by atoms with E-state index in [0.29, 0.717) is 6.54 Å². The Morgan fingerprint density at radius 2 is 1.89 bits per heavy atom. The molecule has 0 spiro atoms. The maximum absolute atomic E-state index is 12.2. The number of nitrogens with zero attached hydrogens (tertiary/aromatic N) is 3. The van der Waals surface area contributed by atoms with Crippen LogP contribution < -0.4 is 5.32 Å². The summed E-state index contributed by atoms with van der Waals surface area (Å²) in [6, 6.07) is 12.4. The minimum Gasteiger partial charge on any atom is -0.353 e. The smallest absolute Gasteiger partial charge is 0.244 e. The van der Waals surface area contributed by atoms with Crippen LogP contribution in [0.15, 0.2) is 48.7 Å². The van der Waals surface area contributed by atoms with Crippen LogP contribution in [0, 0.1) is 13.8 Å². The molecule has 2 heterocycles. The number of carbonyl (C=O) groups excluding carboxylic acids is 1. The Hall–Kier alpha value is -2.92. The van der Waals surface area contributed by atoms with Crippen molar-refractivity contribution in [1.82, 2.24) is 19.6 Å².